The average molecular weight is 299 g/mol. The van der Waals surface area contributed by atoms with Crippen molar-refractivity contribution in [1.29, 1.82) is 0 Å². The SMILES string of the molecule is CCCCCCCCCCCCC=O.[Ru]. The maximum absolute atomic E-state index is 10.0. The predicted octanol–water partition coefficient (Wildman–Crippen LogP) is 4.49. The maximum atomic E-state index is 10.0. The van der Waals surface area contributed by atoms with Gasteiger partial charge in [0.05, 0.1) is 0 Å². The van der Waals surface area contributed by atoms with E-state index in [0.717, 1.165) is 19.1 Å². The second-order valence-corrected chi connectivity index (χ2v) is 4.14. The smallest absolute Gasteiger partial charge is 0.119 e. The van der Waals surface area contributed by atoms with Gasteiger partial charge < -0.3 is 4.79 Å². The van der Waals surface area contributed by atoms with Crippen molar-refractivity contribution in [2.24, 2.45) is 0 Å². The van der Waals surface area contributed by atoms with E-state index < -0.39 is 0 Å². The summed E-state index contributed by atoms with van der Waals surface area (Å²) in [5.74, 6) is 0. The van der Waals surface area contributed by atoms with Gasteiger partial charge in [-0.1, -0.05) is 64.7 Å². The quantitative estimate of drug-likeness (QED) is 0.312. The number of unbranched alkanes of at least 4 members (excludes halogenated alkanes) is 10. The van der Waals surface area contributed by atoms with E-state index >= 15 is 0 Å². The first kappa shape index (κ1) is 17.7. The zero-order valence-corrected chi connectivity index (χ0v) is 11.9. The van der Waals surface area contributed by atoms with Crippen LogP contribution in [-0.4, -0.2) is 6.29 Å². The van der Waals surface area contributed by atoms with Crippen molar-refractivity contribution >= 4 is 6.29 Å². The third kappa shape index (κ3) is 16.9. The first-order chi connectivity index (χ1) is 6.91. The van der Waals surface area contributed by atoms with Gasteiger partial charge in [-0.15, -0.1) is 0 Å². The fraction of sp³-hybridized carbons (Fsp3) is 0.923. The Kier molecular flexibility index (Phi) is 19.7. The number of aldehydes is 1. The summed E-state index contributed by atoms with van der Waals surface area (Å²) in [4.78, 5) is 10.0. The number of hydrogen-bond acceptors (Lipinski definition) is 1. The molecule has 0 atom stereocenters. The number of hydrogen-bond donors (Lipinski definition) is 0. The molecule has 0 amide bonds. The Bertz CT molecular complexity index is 115. The molecule has 0 aromatic heterocycles. The Labute approximate surface area is 108 Å². The molecule has 92 valence electrons. The molecule has 15 heavy (non-hydrogen) atoms. The molecule has 0 heterocycles. The summed E-state index contributed by atoms with van der Waals surface area (Å²) in [6, 6.07) is 0. The van der Waals surface area contributed by atoms with E-state index in [1.165, 1.54) is 57.8 Å². The Morgan fingerprint density at radius 2 is 1.13 bits per heavy atom. The van der Waals surface area contributed by atoms with E-state index in [0.29, 0.717) is 0 Å². The molecular formula is C13H26ORu. The van der Waals surface area contributed by atoms with Crippen LogP contribution in [0, 0.1) is 0 Å². The van der Waals surface area contributed by atoms with Crippen molar-refractivity contribution in [2.75, 3.05) is 0 Å². The molecule has 0 aromatic rings. The standard InChI is InChI=1S/C13H26O.Ru/c1-2-3-4-5-6-7-8-9-10-11-12-13-14;/h13H,2-12H2,1H3;. The molecule has 0 aliphatic heterocycles. The van der Waals surface area contributed by atoms with Crippen LogP contribution in [0.3, 0.4) is 0 Å². The van der Waals surface area contributed by atoms with Gasteiger partial charge in [-0.2, -0.15) is 0 Å². The fourth-order valence-electron chi connectivity index (χ4n) is 1.72. The first-order valence-corrected chi connectivity index (χ1v) is 6.35. The van der Waals surface area contributed by atoms with Crippen molar-refractivity contribution in [3.05, 3.63) is 0 Å². The van der Waals surface area contributed by atoms with Crippen LogP contribution in [-0.2, 0) is 24.3 Å². The van der Waals surface area contributed by atoms with Crippen molar-refractivity contribution in [1.82, 2.24) is 0 Å². The van der Waals surface area contributed by atoms with Crippen molar-refractivity contribution in [3.8, 4) is 0 Å². The average Bonchev–Trinajstić information content (AvgIpc) is 2.21. The molecule has 1 nitrogen and oxygen atoms in total. The molecule has 0 N–H and O–H groups in total. The van der Waals surface area contributed by atoms with Crippen LogP contribution in [0.1, 0.15) is 77.6 Å². The second kappa shape index (κ2) is 16.7. The topological polar surface area (TPSA) is 17.1 Å². The van der Waals surface area contributed by atoms with Gasteiger partial charge in [0.25, 0.3) is 0 Å². The monoisotopic (exact) mass is 300 g/mol. The van der Waals surface area contributed by atoms with Gasteiger partial charge in [0.1, 0.15) is 6.29 Å². The van der Waals surface area contributed by atoms with E-state index in [2.05, 4.69) is 6.92 Å². The van der Waals surface area contributed by atoms with Crippen LogP contribution >= 0.6 is 0 Å². The molecule has 0 bridgehead atoms. The number of carbonyl (C=O) groups is 1. The van der Waals surface area contributed by atoms with Crippen LogP contribution in [0.2, 0.25) is 0 Å². The molecule has 0 aliphatic carbocycles. The van der Waals surface area contributed by atoms with Gasteiger partial charge in [-0.25, -0.2) is 0 Å². The summed E-state index contributed by atoms with van der Waals surface area (Å²) < 4.78 is 0. The summed E-state index contributed by atoms with van der Waals surface area (Å²) in [6.45, 7) is 2.26. The first-order valence-electron chi connectivity index (χ1n) is 6.35. The van der Waals surface area contributed by atoms with E-state index in [-0.39, 0.29) is 19.5 Å². The van der Waals surface area contributed by atoms with Crippen molar-refractivity contribution in [2.45, 2.75) is 77.6 Å². The van der Waals surface area contributed by atoms with Gasteiger partial charge in [-0.3, -0.25) is 0 Å². The van der Waals surface area contributed by atoms with Crippen molar-refractivity contribution in [3.63, 3.8) is 0 Å². The summed E-state index contributed by atoms with van der Waals surface area (Å²) in [5, 5.41) is 0. The molecule has 0 rings (SSSR count). The minimum Gasteiger partial charge on any atom is -0.303 e. The molecule has 0 aliphatic rings. The van der Waals surface area contributed by atoms with Gasteiger partial charge in [0, 0.05) is 25.9 Å². The predicted molar refractivity (Wildman–Crippen MR) is 62.5 cm³/mol. The third-order valence-corrected chi connectivity index (χ3v) is 2.68. The van der Waals surface area contributed by atoms with Gasteiger partial charge in [-0.05, 0) is 6.42 Å². The maximum Gasteiger partial charge on any atom is 0.119 e. The number of rotatable bonds is 11. The van der Waals surface area contributed by atoms with E-state index in [9.17, 15) is 4.79 Å². The summed E-state index contributed by atoms with van der Waals surface area (Å²) >= 11 is 0. The van der Waals surface area contributed by atoms with E-state index in [1.54, 1.807) is 0 Å². The van der Waals surface area contributed by atoms with Crippen LogP contribution in [0.15, 0.2) is 0 Å². The van der Waals surface area contributed by atoms with Gasteiger partial charge >= 0.3 is 0 Å². The molecular weight excluding hydrogens is 273 g/mol. The molecule has 0 spiro atoms. The van der Waals surface area contributed by atoms with Crippen LogP contribution in [0.4, 0.5) is 0 Å². The Morgan fingerprint density at radius 1 is 0.733 bits per heavy atom. The van der Waals surface area contributed by atoms with Crippen LogP contribution < -0.4 is 0 Å². The molecule has 0 saturated heterocycles. The molecule has 0 fully saturated rings. The van der Waals surface area contributed by atoms with Crippen LogP contribution in [0.25, 0.3) is 0 Å². The zero-order valence-electron chi connectivity index (χ0n) is 10.1. The summed E-state index contributed by atoms with van der Waals surface area (Å²) in [6.07, 6.45) is 15.2. The summed E-state index contributed by atoms with van der Waals surface area (Å²) in [7, 11) is 0. The molecule has 0 unspecified atom stereocenters. The second-order valence-electron chi connectivity index (χ2n) is 4.14. The van der Waals surface area contributed by atoms with Crippen LogP contribution in [0.5, 0.6) is 0 Å². The molecule has 0 saturated carbocycles. The van der Waals surface area contributed by atoms with Crippen molar-refractivity contribution < 1.29 is 24.3 Å². The molecule has 0 aromatic carbocycles. The van der Waals surface area contributed by atoms with E-state index in [1.807, 2.05) is 0 Å². The van der Waals surface area contributed by atoms with E-state index in [4.69, 9.17) is 0 Å². The Morgan fingerprint density at radius 3 is 1.53 bits per heavy atom. The van der Waals surface area contributed by atoms with Gasteiger partial charge in [0.2, 0.25) is 0 Å². The Balaban J connectivity index is 0. The molecule has 2 heteroatoms. The third-order valence-electron chi connectivity index (χ3n) is 2.68. The normalized spacial score (nSPS) is 9.67. The fourth-order valence-corrected chi connectivity index (χ4v) is 1.72. The number of carbonyl (C=O) groups excluding carboxylic acids is 1. The molecule has 0 radical (unpaired) electrons. The van der Waals surface area contributed by atoms with Gasteiger partial charge in [0.15, 0.2) is 0 Å². The zero-order chi connectivity index (χ0) is 10.5. The minimum atomic E-state index is 0. The largest absolute Gasteiger partial charge is 0.303 e. The summed E-state index contributed by atoms with van der Waals surface area (Å²) in [5.41, 5.74) is 0. The minimum absolute atomic E-state index is 0. The Hall–Kier alpha value is 0.293.